The molecule has 0 saturated carbocycles. The Kier molecular flexibility index (Phi) is 4.82. The van der Waals surface area contributed by atoms with Crippen LogP contribution in [-0.4, -0.2) is 11.2 Å². The van der Waals surface area contributed by atoms with Crippen LogP contribution in [0.1, 0.15) is 5.56 Å². The molecule has 0 radical (unpaired) electrons. The number of hydrogen-bond acceptors (Lipinski definition) is 3. The maximum absolute atomic E-state index is 12.5. The van der Waals surface area contributed by atoms with Crippen LogP contribution in [0, 0.1) is 11.3 Å². The fraction of sp³-hybridized carbons (Fsp3) is 0.0909. The van der Waals surface area contributed by atoms with Crippen LogP contribution in [0.15, 0.2) is 34.9 Å². The molecule has 0 spiro atoms. The Morgan fingerprint density at radius 3 is 2.67 bits per heavy atom. The van der Waals surface area contributed by atoms with Crippen molar-refractivity contribution in [2.75, 3.05) is 5.32 Å². The van der Waals surface area contributed by atoms with Crippen molar-refractivity contribution in [3.05, 3.63) is 40.5 Å². The number of alkyl halides is 3. The van der Waals surface area contributed by atoms with E-state index in [9.17, 15) is 13.6 Å². The third-order valence-corrected chi connectivity index (χ3v) is 2.64. The Balaban J connectivity index is 2.88. The number of nitrogens with zero attached hydrogens (tertiary/aromatic N) is 1. The molecule has 1 aromatic carbocycles. The summed E-state index contributed by atoms with van der Waals surface area (Å²) >= 11 is 7.27. The maximum Gasteiger partial charge on any atom is 0.385 e. The topological polar surface area (TPSA) is 52.9 Å². The van der Waals surface area contributed by atoms with E-state index in [1.165, 1.54) is 0 Å². The highest BCUT2D eigenvalue weighted by Crippen LogP contribution is 2.26. The van der Waals surface area contributed by atoms with Gasteiger partial charge in [0.1, 0.15) is 6.07 Å². The van der Waals surface area contributed by atoms with Crippen molar-refractivity contribution in [1.29, 1.82) is 5.26 Å². The lowest BCUT2D eigenvalue weighted by Gasteiger charge is -2.07. The van der Waals surface area contributed by atoms with Gasteiger partial charge in [-0.25, -0.2) is 0 Å². The van der Waals surface area contributed by atoms with Gasteiger partial charge in [0.05, 0.1) is 15.7 Å². The summed E-state index contributed by atoms with van der Waals surface area (Å²) < 4.78 is 24.6. The van der Waals surface area contributed by atoms with Crippen LogP contribution in [0.3, 0.4) is 0 Å². The van der Waals surface area contributed by atoms with Gasteiger partial charge in [0.25, 0.3) is 5.78 Å². The van der Waals surface area contributed by atoms with Gasteiger partial charge < -0.3 is 5.32 Å². The van der Waals surface area contributed by atoms with E-state index in [1.54, 1.807) is 24.3 Å². The van der Waals surface area contributed by atoms with Crippen LogP contribution in [-0.2, 0) is 4.79 Å². The quantitative estimate of drug-likeness (QED) is 0.675. The molecule has 0 amide bonds. The van der Waals surface area contributed by atoms with Gasteiger partial charge in [-0.15, -0.1) is 0 Å². The van der Waals surface area contributed by atoms with Crippen LogP contribution in [0.4, 0.5) is 14.5 Å². The van der Waals surface area contributed by atoms with Gasteiger partial charge in [-0.2, -0.15) is 14.0 Å². The van der Waals surface area contributed by atoms with Gasteiger partial charge in [-0.05, 0) is 39.7 Å². The van der Waals surface area contributed by atoms with Crippen molar-refractivity contribution < 1.29 is 13.6 Å². The number of rotatable bonds is 4. The molecule has 0 bridgehead atoms. The van der Waals surface area contributed by atoms with Crippen molar-refractivity contribution in [3.8, 4) is 6.07 Å². The SMILES string of the molecule is N#Cc1ccccc1N/C=C(/Br)C(=O)C(F)(F)Cl. The lowest BCUT2D eigenvalue weighted by atomic mass is 10.2. The van der Waals surface area contributed by atoms with Crippen LogP contribution in [0.5, 0.6) is 0 Å². The Hall–Kier alpha value is -1.45. The molecular weight excluding hydrogens is 329 g/mol. The van der Waals surface area contributed by atoms with E-state index in [2.05, 4.69) is 32.8 Å². The fourth-order valence-electron chi connectivity index (χ4n) is 1.05. The van der Waals surface area contributed by atoms with Gasteiger partial charge >= 0.3 is 5.38 Å². The number of para-hydroxylation sites is 1. The van der Waals surface area contributed by atoms with E-state index < -0.39 is 15.6 Å². The molecule has 0 aliphatic carbocycles. The zero-order valence-corrected chi connectivity index (χ0v) is 11.1. The molecular formula is C11H6BrClF2N2O. The minimum Gasteiger partial charge on any atom is -0.359 e. The molecule has 0 aromatic heterocycles. The number of anilines is 1. The molecule has 1 N–H and O–H groups in total. The smallest absolute Gasteiger partial charge is 0.359 e. The average molecular weight is 336 g/mol. The van der Waals surface area contributed by atoms with Gasteiger partial charge in [-0.3, -0.25) is 4.79 Å². The second-order valence-electron chi connectivity index (χ2n) is 3.12. The third-order valence-electron chi connectivity index (χ3n) is 1.88. The predicted octanol–water partition coefficient (Wildman–Crippen LogP) is 3.61. The number of Topliss-reactive ketones (excluding diaryl/α,β-unsaturated/α-hetero) is 1. The Morgan fingerprint density at radius 1 is 1.50 bits per heavy atom. The molecule has 18 heavy (non-hydrogen) atoms. The summed E-state index contributed by atoms with van der Waals surface area (Å²) in [7, 11) is 0. The van der Waals surface area contributed by atoms with Crippen molar-refractivity contribution in [2.45, 2.75) is 5.38 Å². The first kappa shape index (κ1) is 14.6. The normalized spacial score (nSPS) is 11.8. The highest BCUT2D eigenvalue weighted by molar-refractivity contribution is 9.12. The number of nitrogens with one attached hydrogen (secondary N) is 1. The molecule has 0 heterocycles. The number of carbonyl (C=O) groups excluding carboxylic acids is 1. The van der Waals surface area contributed by atoms with Crippen LogP contribution in [0.2, 0.25) is 0 Å². The second kappa shape index (κ2) is 5.94. The van der Waals surface area contributed by atoms with Gasteiger partial charge in [0.15, 0.2) is 0 Å². The van der Waals surface area contributed by atoms with Crippen molar-refractivity contribution >= 4 is 39.0 Å². The highest BCUT2D eigenvalue weighted by Gasteiger charge is 2.37. The molecule has 7 heteroatoms. The summed E-state index contributed by atoms with van der Waals surface area (Å²) in [4.78, 5) is 11.0. The molecule has 3 nitrogen and oxygen atoms in total. The largest absolute Gasteiger partial charge is 0.385 e. The van der Waals surface area contributed by atoms with Crippen molar-refractivity contribution in [3.63, 3.8) is 0 Å². The molecule has 94 valence electrons. The monoisotopic (exact) mass is 334 g/mol. The number of allylic oxidation sites excluding steroid dienone is 1. The number of ketones is 1. The third kappa shape index (κ3) is 3.79. The first-order chi connectivity index (χ1) is 8.36. The number of halogens is 4. The fourth-order valence-corrected chi connectivity index (χ4v) is 1.63. The number of carbonyl (C=O) groups is 1. The predicted molar refractivity (Wildman–Crippen MR) is 67.6 cm³/mol. The number of nitriles is 1. The van der Waals surface area contributed by atoms with Gasteiger partial charge in [0.2, 0.25) is 0 Å². The molecule has 1 aromatic rings. The Morgan fingerprint density at radius 2 is 2.11 bits per heavy atom. The summed E-state index contributed by atoms with van der Waals surface area (Å²) in [5.41, 5.74) is 0.710. The van der Waals surface area contributed by atoms with E-state index >= 15 is 0 Å². The lowest BCUT2D eigenvalue weighted by molar-refractivity contribution is -0.128. The van der Waals surface area contributed by atoms with Crippen LogP contribution in [0.25, 0.3) is 0 Å². The summed E-state index contributed by atoms with van der Waals surface area (Å²) in [6.07, 6.45) is 1.01. The van der Waals surface area contributed by atoms with Crippen molar-refractivity contribution in [1.82, 2.24) is 0 Å². The number of hydrogen-bond donors (Lipinski definition) is 1. The average Bonchev–Trinajstić information content (AvgIpc) is 2.34. The van der Waals surface area contributed by atoms with E-state index in [0.29, 0.717) is 11.3 Å². The molecule has 0 fully saturated rings. The zero-order valence-electron chi connectivity index (χ0n) is 8.75. The Labute approximate surface area is 115 Å². The highest BCUT2D eigenvalue weighted by atomic mass is 79.9. The molecule has 0 unspecified atom stereocenters. The number of benzene rings is 1. The lowest BCUT2D eigenvalue weighted by Crippen LogP contribution is -2.21. The molecule has 0 aliphatic heterocycles. The Bertz CT molecular complexity index is 535. The summed E-state index contributed by atoms with van der Waals surface area (Å²) in [6, 6.07) is 8.33. The van der Waals surface area contributed by atoms with Gasteiger partial charge in [0, 0.05) is 6.20 Å². The summed E-state index contributed by atoms with van der Waals surface area (Å²) in [6.45, 7) is 0. The molecule has 0 saturated heterocycles. The van der Waals surface area contributed by atoms with E-state index in [0.717, 1.165) is 6.20 Å². The van der Waals surface area contributed by atoms with Gasteiger partial charge in [-0.1, -0.05) is 12.1 Å². The standard InChI is InChI=1S/C11H6BrClF2N2O/c12-8(10(18)11(13,14)15)6-17-9-4-2-1-3-7(9)5-16/h1-4,6,17H/b8-6+. The van der Waals surface area contributed by atoms with E-state index in [-0.39, 0.29) is 0 Å². The molecule has 1 rings (SSSR count). The molecule has 0 atom stereocenters. The minimum atomic E-state index is -3.97. The zero-order chi connectivity index (χ0) is 13.8. The first-order valence-electron chi connectivity index (χ1n) is 4.59. The van der Waals surface area contributed by atoms with Crippen LogP contribution >= 0.6 is 27.5 Å². The van der Waals surface area contributed by atoms with E-state index in [4.69, 9.17) is 5.26 Å². The van der Waals surface area contributed by atoms with Crippen LogP contribution < -0.4 is 5.32 Å². The maximum atomic E-state index is 12.5. The van der Waals surface area contributed by atoms with E-state index in [1.807, 2.05) is 6.07 Å². The summed E-state index contributed by atoms with van der Waals surface area (Å²) in [5.74, 6) is -1.56. The second-order valence-corrected chi connectivity index (χ2v) is 4.45. The molecule has 0 aliphatic rings. The minimum absolute atomic E-state index is 0.319. The summed E-state index contributed by atoms with van der Waals surface area (Å²) in [5, 5.41) is 7.40. The van der Waals surface area contributed by atoms with Crippen molar-refractivity contribution in [2.24, 2.45) is 0 Å². The first-order valence-corrected chi connectivity index (χ1v) is 5.76.